The van der Waals surface area contributed by atoms with E-state index in [1.807, 2.05) is 31.2 Å². The Hall–Kier alpha value is -2.51. The molecule has 0 bridgehead atoms. The topological polar surface area (TPSA) is 62.5 Å². The largest absolute Gasteiger partial charge is 0.459 e. The van der Waals surface area contributed by atoms with Crippen LogP contribution >= 0.6 is 0 Å². The maximum atomic E-state index is 11.9. The molecule has 0 atom stereocenters. The summed E-state index contributed by atoms with van der Waals surface area (Å²) in [5.74, 6) is 5.52. The van der Waals surface area contributed by atoms with Crippen LogP contribution in [0.5, 0.6) is 0 Å². The first-order valence-corrected chi connectivity index (χ1v) is 6.21. The molecule has 1 aromatic carbocycles. The predicted molar refractivity (Wildman–Crippen MR) is 75.0 cm³/mol. The van der Waals surface area contributed by atoms with Gasteiger partial charge in [-0.3, -0.25) is 4.79 Å². The monoisotopic (exact) mass is 269 g/mol. The smallest absolute Gasteiger partial charge is 0.287 e. The Labute approximate surface area is 117 Å². The molecule has 2 aromatic rings. The van der Waals surface area contributed by atoms with Gasteiger partial charge in [-0.05, 0) is 30.7 Å². The summed E-state index contributed by atoms with van der Waals surface area (Å²) in [6.45, 7) is 2.05. The van der Waals surface area contributed by atoms with Crippen molar-refractivity contribution in [2.24, 2.45) is 0 Å². The van der Waals surface area contributed by atoms with Crippen LogP contribution in [0.2, 0.25) is 0 Å². The number of furan rings is 1. The van der Waals surface area contributed by atoms with Gasteiger partial charge in [0.1, 0.15) is 6.61 Å². The van der Waals surface area contributed by atoms with Crippen molar-refractivity contribution in [1.82, 2.24) is 5.32 Å². The first-order valence-electron chi connectivity index (χ1n) is 6.21. The molecule has 0 saturated heterocycles. The number of rotatable bonds is 3. The SMILES string of the molecule is Cc1ccoc1C(=O)NCc1cccc(C#CCO)c1. The third-order valence-corrected chi connectivity index (χ3v) is 2.76. The van der Waals surface area contributed by atoms with E-state index in [1.54, 1.807) is 6.07 Å². The maximum Gasteiger partial charge on any atom is 0.287 e. The van der Waals surface area contributed by atoms with Crippen LogP contribution in [0.1, 0.15) is 27.2 Å². The summed E-state index contributed by atoms with van der Waals surface area (Å²) >= 11 is 0. The van der Waals surface area contributed by atoms with Crippen molar-refractivity contribution in [3.05, 3.63) is 59.0 Å². The molecule has 0 fully saturated rings. The molecule has 4 heteroatoms. The highest BCUT2D eigenvalue weighted by Crippen LogP contribution is 2.09. The van der Waals surface area contributed by atoms with Crippen molar-refractivity contribution in [2.45, 2.75) is 13.5 Å². The van der Waals surface area contributed by atoms with Gasteiger partial charge in [0, 0.05) is 17.7 Å². The van der Waals surface area contributed by atoms with E-state index in [2.05, 4.69) is 17.2 Å². The molecule has 0 spiro atoms. The summed E-state index contributed by atoms with van der Waals surface area (Å²) in [6, 6.07) is 9.24. The fourth-order valence-electron chi connectivity index (χ4n) is 1.77. The van der Waals surface area contributed by atoms with Crippen LogP contribution in [0.15, 0.2) is 41.0 Å². The molecule has 0 unspecified atom stereocenters. The highest BCUT2D eigenvalue weighted by Gasteiger charge is 2.11. The van der Waals surface area contributed by atoms with Crippen LogP contribution in [-0.2, 0) is 6.54 Å². The molecule has 0 aliphatic heterocycles. The zero-order valence-electron chi connectivity index (χ0n) is 11.1. The van der Waals surface area contributed by atoms with E-state index in [-0.39, 0.29) is 12.5 Å². The lowest BCUT2D eigenvalue weighted by molar-refractivity contribution is 0.0922. The molecule has 1 amide bonds. The minimum absolute atomic E-state index is 0.168. The molecular formula is C16H15NO3. The average molecular weight is 269 g/mol. The van der Waals surface area contributed by atoms with Crippen LogP contribution in [0.25, 0.3) is 0 Å². The van der Waals surface area contributed by atoms with E-state index in [4.69, 9.17) is 9.52 Å². The molecule has 20 heavy (non-hydrogen) atoms. The van der Waals surface area contributed by atoms with Gasteiger partial charge in [0.25, 0.3) is 5.91 Å². The van der Waals surface area contributed by atoms with Gasteiger partial charge < -0.3 is 14.8 Å². The van der Waals surface area contributed by atoms with Crippen LogP contribution < -0.4 is 5.32 Å². The second-order valence-electron chi connectivity index (χ2n) is 4.28. The molecule has 0 radical (unpaired) electrons. The lowest BCUT2D eigenvalue weighted by Gasteiger charge is -2.04. The van der Waals surface area contributed by atoms with Gasteiger partial charge in [-0.2, -0.15) is 0 Å². The number of aliphatic hydroxyl groups is 1. The summed E-state index contributed by atoms with van der Waals surface area (Å²) in [4.78, 5) is 11.9. The Morgan fingerprint density at radius 2 is 2.25 bits per heavy atom. The Balaban J connectivity index is 2.01. The Morgan fingerprint density at radius 1 is 1.40 bits per heavy atom. The standard InChI is InChI=1S/C16H15NO3/c1-12-7-9-20-15(12)16(19)17-11-14-5-2-4-13(10-14)6-3-8-18/h2,4-5,7,9-10,18H,8,11H2,1H3,(H,17,19). The first-order chi connectivity index (χ1) is 9.70. The van der Waals surface area contributed by atoms with Crippen molar-refractivity contribution in [2.75, 3.05) is 6.61 Å². The number of aliphatic hydroxyl groups excluding tert-OH is 1. The number of aryl methyl sites for hydroxylation is 1. The van der Waals surface area contributed by atoms with Gasteiger partial charge in [0.2, 0.25) is 0 Å². The number of nitrogens with one attached hydrogen (secondary N) is 1. The van der Waals surface area contributed by atoms with Gasteiger partial charge in [-0.1, -0.05) is 24.0 Å². The van der Waals surface area contributed by atoms with Gasteiger partial charge in [0.05, 0.1) is 6.26 Å². The van der Waals surface area contributed by atoms with Crippen LogP contribution in [0, 0.1) is 18.8 Å². The average Bonchev–Trinajstić information content (AvgIpc) is 2.89. The number of carbonyl (C=O) groups is 1. The zero-order valence-corrected chi connectivity index (χ0v) is 11.1. The van der Waals surface area contributed by atoms with Gasteiger partial charge in [-0.25, -0.2) is 0 Å². The van der Waals surface area contributed by atoms with Crippen molar-refractivity contribution in [1.29, 1.82) is 0 Å². The Bertz CT molecular complexity index is 662. The minimum atomic E-state index is -0.237. The molecule has 2 N–H and O–H groups in total. The molecule has 4 nitrogen and oxygen atoms in total. The third kappa shape index (κ3) is 3.50. The summed E-state index contributed by atoms with van der Waals surface area (Å²) < 4.78 is 5.13. The number of amides is 1. The Kier molecular flexibility index (Phi) is 4.59. The molecule has 0 saturated carbocycles. The molecule has 1 heterocycles. The second kappa shape index (κ2) is 6.60. The van der Waals surface area contributed by atoms with E-state index in [0.717, 1.165) is 16.7 Å². The molecule has 2 rings (SSSR count). The zero-order chi connectivity index (χ0) is 14.4. The summed E-state index contributed by atoms with van der Waals surface area (Å²) in [6.07, 6.45) is 1.50. The Morgan fingerprint density at radius 3 is 2.95 bits per heavy atom. The van der Waals surface area contributed by atoms with Crippen LogP contribution in [0.4, 0.5) is 0 Å². The fourth-order valence-corrected chi connectivity index (χ4v) is 1.77. The predicted octanol–water partition coefficient (Wildman–Crippen LogP) is 1.86. The number of benzene rings is 1. The maximum absolute atomic E-state index is 11.9. The highest BCUT2D eigenvalue weighted by atomic mass is 16.3. The van der Waals surface area contributed by atoms with Crippen molar-refractivity contribution >= 4 is 5.91 Å². The molecule has 1 aromatic heterocycles. The quantitative estimate of drug-likeness (QED) is 0.836. The second-order valence-corrected chi connectivity index (χ2v) is 4.28. The van der Waals surface area contributed by atoms with E-state index in [0.29, 0.717) is 12.3 Å². The first kappa shape index (κ1) is 13.9. The highest BCUT2D eigenvalue weighted by molar-refractivity contribution is 5.92. The summed E-state index contributed by atoms with van der Waals surface area (Å²) in [5, 5.41) is 11.5. The fraction of sp³-hybridized carbons (Fsp3) is 0.188. The van der Waals surface area contributed by atoms with E-state index in [1.165, 1.54) is 6.26 Å². The number of carbonyl (C=O) groups excluding carboxylic acids is 1. The molecule has 102 valence electrons. The van der Waals surface area contributed by atoms with E-state index >= 15 is 0 Å². The van der Waals surface area contributed by atoms with Crippen molar-refractivity contribution in [3.63, 3.8) is 0 Å². The number of hydrogen-bond acceptors (Lipinski definition) is 3. The van der Waals surface area contributed by atoms with E-state index in [9.17, 15) is 4.79 Å². The number of hydrogen-bond donors (Lipinski definition) is 2. The molecule has 0 aliphatic carbocycles. The van der Waals surface area contributed by atoms with Crippen molar-refractivity contribution in [3.8, 4) is 11.8 Å². The molecule has 0 aliphatic rings. The summed E-state index contributed by atoms with van der Waals surface area (Å²) in [5.41, 5.74) is 2.55. The lowest BCUT2D eigenvalue weighted by Crippen LogP contribution is -2.22. The minimum Gasteiger partial charge on any atom is -0.459 e. The van der Waals surface area contributed by atoms with Gasteiger partial charge in [0.15, 0.2) is 5.76 Å². The third-order valence-electron chi connectivity index (χ3n) is 2.76. The lowest BCUT2D eigenvalue weighted by atomic mass is 10.1. The van der Waals surface area contributed by atoms with Gasteiger partial charge in [-0.15, -0.1) is 0 Å². The summed E-state index contributed by atoms with van der Waals surface area (Å²) in [7, 11) is 0. The van der Waals surface area contributed by atoms with E-state index < -0.39 is 0 Å². The van der Waals surface area contributed by atoms with Crippen LogP contribution in [0.3, 0.4) is 0 Å². The normalized spacial score (nSPS) is 9.70. The van der Waals surface area contributed by atoms with Gasteiger partial charge >= 0.3 is 0 Å². The molecular weight excluding hydrogens is 254 g/mol. The van der Waals surface area contributed by atoms with Crippen LogP contribution in [-0.4, -0.2) is 17.6 Å². The van der Waals surface area contributed by atoms with Crippen molar-refractivity contribution < 1.29 is 14.3 Å².